The number of nitro groups is 1. The number of nitrogens with one attached hydrogen (secondary N) is 1. The smallest absolute Gasteiger partial charge is 0.312 e. The predicted molar refractivity (Wildman–Crippen MR) is 73.2 cm³/mol. The minimum absolute atomic E-state index is 0.0215. The summed E-state index contributed by atoms with van der Waals surface area (Å²) in [4.78, 5) is 39.2. The Morgan fingerprint density at radius 1 is 1.60 bits per heavy atom. The maximum atomic E-state index is 11.8. The van der Waals surface area contributed by atoms with E-state index in [0.29, 0.717) is 10.9 Å². The Balaban J connectivity index is 2.50. The first kappa shape index (κ1) is 14.4. The van der Waals surface area contributed by atoms with Crippen LogP contribution in [0.15, 0.2) is 16.7 Å². The highest BCUT2D eigenvalue weighted by molar-refractivity contribution is 9.10. The maximum absolute atomic E-state index is 11.8. The number of piperazine rings is 1. The number of nitrogens with zero attached hydrogens (tertiary/aromatic N) is 3. The number of anilines is 1. The molecule has 1 aromatic rings. The SMILES string of the molecule is CCC1C(=O)NC(=O)CN1c1ncc(Br)cc1[N+](=O)[O-]. The van der Waals surface area contributed by atoms with Crippen molar-refractivity contribution in [2.24, 2.45) is 0 Å². The molecular formula is C11H11BrN4O4. The molecule has 20 heavy (non-hydrogen) atoms. The Morgan fingerprint density at radius 3 is 2.90 bits per heavy atom. The Hall–Kier alpha value is -2.03. The van der Waals surface area contributed by atoms with E-state index in [-0.39, 0.29) is 18.1 Å². The second-order valence-electron chi connectivity index (χ2n) is 4.22. The van der Waals surface area contributed by atoms with Crippen molar-refractivity contribution in [3.63, 3.8) is 0 Å². The summed E-state index contributed by atoms with van der Waals surface area (Å²) in [6, 6.07) is 0.645. The molecule has 2 rings (SSSR count). The van der Waals surface area contributed by atoms with E-state index in [1.807, 2.05) is 0 Å². The van der Waals surface area contributed by atoms with Gasteiger partial charge in [0.2, 0.25) is 17.6 Å². The van der Waals surface area contributed by atoms with E-state index in [1.165, 1.54) is 17.2 Å². The van der Waals surface area contributed by atoms with Crippen LogP contribution in [0, 0.1) is 10.1 Å². The van der Waals surface area contributed by atoms with Gasteiger partial charge in [0.1, 0.15) is 6.04 Å². The van der Waals surface area contributed by atoms with Gasteiger partial charge >= 0.3 is 5.69 Å². The Labute approximate surface area is 122 Å². The van der Waals surface area contributed by atoms with Crippen LogP contribution < -0.4 is 10.2 Å². The fraction of sp³-hybridized carbons (Fsp3) is 0.364. The molecule has 0 aromatic carbocycles. The third-order valence-corrected chi connectivity index (χ3v) is 3.36. The van der Waals surface area contributed by atoms with Crippen molar-refractivity contribution < 1.29 is 14.5 Å². The molecule has 0 aliphatic carbocycles. The van der Waals surface area contributed by atoms with Crippen molar-refractivity contribution in [1.82, 2.24) is 10.3 Å². The molecule has 1 N–H and O–H groups in total. The van der Waals surface area contributed by atoms with E-state index in [2.05, 4.69) is 26.2 Å². The van der Waals surface area contributed by atoms with Crippen molar-refractivity contribution in [3.8, 4) is 0 Å². The number of carbonyl (C=O) groups excluding carboxylic acids is 2. The first-order valence-electron chi connectivity index (χ1n) is 5.84. The molecular weight excluding hydrogens is 332 g/mol. The summed E-state index contributed by atoms with van der Waals surface area (Å²) in [7, 11) is 0. The fourth-order valence-corrected chi connectivity index (χ4v) is 2.39. The summed E-state index contributed by atoms with van der Waals surface area (Å²) in [5.74, 6) is -0.949. The van der Waals surface area contributed by atoms with Crippen LogP contribution in [0.3, 0.4) is 0 Å². The number of halogens is 1. The molecule has 2 heterocycles. The summed E-state index contributed by atoms with van der Waals surface area (Å²) in [5, 5.41) is 13.3. The van der Waals surface area contributed by atoms with Crippen molar-refractivity contribution >= 4 is 39.2 Å². The number of hydrogen-bond acceptors (Lipinski definition) is 6. The second kappa shape index (κ2) is 5.53. The summed E-state index contributed by atoms with van der Waals surface area (Å²) in [6.07, 6.45) is 1.81. The fourth-order valence-electron chi connectivity index (χ4n) is 2.07. The van der Waals surface area contributed by atoms with Crippen molar-refractivity contribution in [1.29, 1.82) is 0 Å². The minimum Gasteiger partial charge on any atom is -0.330 e. The normalized spacial score (nSPS) is 18.9. The van der Waals surface area contributed by atoms with E-state index in [1.54, 1.807) is 6.92 Å². The predicted octanol–water partition coefficient (Wildman–Crippen LogP) is 0.994. The van der Waals surface area contributed by atoms with E-state index in [0.717, 1.165) is 0 Å². The summed E-state index contributed by atoms with van der Waals surface area (Å²) >= 11 is 3.11. The highest BCUT2D eigenvalue weighted by Crippen LogP contribution is 2.31. The summed E-state index contributed by atoms with van der Waals surface area (Å²) in [6.45, 7) is 1.62. The summed E-state index contributed by atoms with van der Waals surface area (Å²) < 4.78 is 0.453. The number of aromatic nitrogens is 1. The topological polar surface area (TPSA) is 105 Å². The lowest BCUT2D eigenvalue weighted by atomic mass is 10.1. The van der Waals surface area contributed by atoms with Crippen molar-refractivity contribution in [2.45, 2.75) is 19.4 Å². The van der Waals surface area contributed by atoms with E-state index < -0.39 is 22.8 Å². The number of hydrogen-bond donors (Lipinski definition) is 1. The number of rotatable bonds is 3. The van der Waals surface area contributed by atoms with Gasteiger partial charge in [-0.25, -0.2) is 4.98 Å². The van der Waals surface area contributed by atoms with Crippen molar-refractivity contribution in [2.75, 3.05) is 11.4 Å². The number of amides is 2. The third kappa shape index (κ3) is 2.62. The van der Waals surface area contributed by atoms with Crippen LogP contribution in [-0.2, 0) is 9.59 Å². The number of imide groups is 1. The average Bonchev–Trinajstić information content (AvgIpc) is 2.37. The van der Waals surface area contributed by atoms with Gasteiger partial charge in [0.25, 0.3) is 0 Å². The molecule has 2 amide bonds. The molecule has 0 saturated carbocycles. The van der Waals surface area contributed by atoms with Gasteiger partial charge in [-0.3, -0.25) is 25.0 Å². The first-order chi connectivity index (χ1) is 9.43. The standard InChI is InChI=1S/C11H11BrN4O4/c1-2-7-11(18)14-9(17)5-15(7)10-8(16(19)20)3-6(12)4-13-10/h3-4,7H,2,5H2,1H3,(H,14,17,18). The quantitative estimate of drug-likeness (QED) is 0.499. The molecule has 1 fully saturated rings. The molecule has 1 aliphatic heterocycles. The van der Waals surface area contributed by atoms with Gasteiger partial charge in [-0.15, -0.1) is 0 Å². The molecule has 8 nitrogen and oxygen atoms in total. The largest absolute Gasteiger partial charge is 0.330 e. The lowest BCUT2D eigenvalue weighted by molar-refractivity contribution is -0.384. The lowest BCUT2D eigenvalue weighted by Crippen LogP contribution is -2.58. The highest BCUT2D eigenvalue weighted by atomic mass is 79.9. The van der Waals surface area contributed by atoms with Gasteiger partial charge in [-0.1, -0.05) is 6.92 Å². The number of pyridine rings is 1. The van der Waals surface area contributed by atoms with Crippen LogP contribution in [0.5, 0.6) is 0 Å². The van der Waals surface area contributed by atoms with Crippen LogP contribution >= 0.6 is 15.9 Å². The van der Waals surface area contributed by atoms with Gasteiger partial charge in [0.05, 0.1) is 11.5 Å². The van der Waals surface area contributed by atoms with Crippen molar-refractivity contribution in [3.05, 3.63) is 26.9 Å². The van der Waals surface area contributed by atoms with Crippen LogP contribution in [-0.4, -0.2) is 34.3 Å². The van der Waals surface area contributed by atoms with Crippen LogP contribution in [0.25, 0.3) is 0 Å². The zero-order valence-corrected chi connectivity index (χ0v) is 12.1. The molecule has 1 aromatic heterocycles. The molecule has 9 heteroatoms. The van der Waals surface area contributed by atoms with Gasteiger partial charge in [-0.2, -0.15) is 0 Å². The average molecular weight is 343 g/mol. The molecule has 1 saturated heterocycles. The Morgan fingerprint density at radius 2 is 2.30 bits per heavy atom. The number of carbonyl (C=O) groups is 2. The zero-order chi connectivity index (χ0) is 14.9. The second-order valence-corrected chi connectivity index (χ2v) is 5.13. The van der Waals surface area contributed by atoms with Crippen LogP contribution in [0.2, 0.25) is 0 Å². The van der Waals surface area contributed by atoms with E-state index >= 15 is 0 Å². The highest BCUT2D eigenvalue weighted by Gasteiger charge is 2.36. The lowest BCUT2D eigenvalue weighted by Gasteiger charge is -2.33. The zero-order valence-electron chi connectivity index (χ0n) is 10.5. The molecule has 0 spiro atoms. The van der Waals surface area contributed by atoms with E-state index in [4.69, 9.17) is 0 Å². The summed E-state index contributed by atoms with van der Waals surface area (Å²) in [5.41, 5.74) is -0.250. The molecule has 0 bridgehead atoms. The third-order valence-electron chi connectivity index (χ3n) is 2.92. The first-order valence-corrected chi connectivity index (χ1v) is 6.63. The van der Waals surface area contributed by atoms with Crippen LogP contribution in [0.4, 0.5) is 11.5 Å². The molecule has 1 aliphatic rings. The molecule has 106 valence electrons. The molecule has 1 atom stereocenters. The Kier molecular flexibility index (Phi) is 3.98. The van der Waals surface area contributed by atoms with E-state index in [9.17, 15) is 19.7 Å². The van der Waals surface area contributed by atoms with Gasteiger partial charge in [0, 0.05) is 16.7 Å². The van der Waals surface area contributed by atoms with Gasteiger partial charge in [-0.05, 0) is 22.4 Å². The molecule has 1 unspecified atom stereocenters. The van der Waals surface area contributed by atoms with Gasteiger partial charge < -0.3 is 4.90 Å². The Bertz CT molecular complexity index is 592. The minimum atomic E-state index is -0.653. The maximum Gasteiger partial charge on any atom is 0.312 e. The van der Waals surface area contributed by atoms with Gasteiger partial charge in [0.15, 0.2) is 0 Å². The monoisotopic (exact) mass is 342 g/mol. The van der Waals surface area contributed by atoms with Crippen LogP contribution in [0.1, 0.15) is 13.3 Å². The molecule has 0 radical (unpaired) electrons.